The van der Waals surface area contributed by atoms with Crippen molar-refractivity contribution in [2.24, 2.45) is 0 Å². The summed E-state index contributed by atoms with van der Waals surface area (Å²) in [5.41, 5.74) is -0.738. The van der Waals surface area contributed by atoms with E-state index in [1.54, 1.807) is 0 Å². The van der Waals surface area contributed by atoms with Gasteiger partial charge in [0, 0.05) is 13.1 Å². The molecule has 0 aliphatic carbocycles. The molecule has 0 radical (unpaired) electrons. The van der Waals surface area contributed by atoms with Gasteiger partial charge in [-0.1, -0.05) is 0 Å². The molecule has 8 heteroatoms. The summed E-state index contributed by atoms with van der Waals surface area (Å²) in [5.74, 6) is -8.13. The van der Waals surface area contributed by atoms with Crippen LogP contribution in [-0.4, -0.2) is 17.0 Å². The molecule has 1 aromatic carbocycles. The van der Waals surface area contributed by atoms with E-state index in [9.17, 15) is 26.2 Å². The van der Waals surface area contributed by atoms with Gasteiger partial charge in [0.25, 0.3) is 0 Å². The van der Waals surface area contributed by atoms with Gasteiger partial charge in [-0.2, -0.15) is 8.78 Å². The summed E-state index contributed by atoms with van der Waals surface area (Å²) in [6, 6.07) is 0.188. The van der Waals surface area contributed by atoms with Crippen molar-refractivity contribution < 1.29 is 26.2 Å². The summed E-state index contributed by atoms with van der Waals surface area (Å²) in [6.45, 7) is 0. The number of alkyl halides is 2. The van der Waals surface area contributed by atoms with Crippen molar-refractivity contribution in [3.05, 3.63) is 23.5 Å². The van der Waals surface area contributed by atoms with E-state index in [1.165, 1.54) is 0 Å². The average Bonchev–Trinajstić information content (AvgIpc) is 2.21. The highest BCUT2D eigenvalue weighted by atomic mass is 32.2. The largest absolute Gasteiger partial charge is 0.385 e. The smallest absolute Gasteiger partial charge is 0.316 e. The van der Waals surface area contributed by atoms with Gasteiger partial charge in [0.1, 0.15) is 15.7 Å². The van der Waals surface area contributed by atoms with Crippen molar-refractivity contribution in [1.82, 2.24) is 0 Å². The van der Waals surface area contributed by atoms with Crippen LogP contribution in [0.5, 0.6) is 0 Å². The molecule has 0 heterocycles. The average molecular weight is 259 g/mol. The fraction of sp³-hybridized carbons (Fsp3) is 0.250. The van der Waals surface area contributed by atoms with Crippen LogP contribution in [0.15, 0.2) is 11.0 Å². The van der Waals surface area contributed by atoms with Crippen LogP contribution < -0.4 is 5.32 Å². The molecule has 1 unspecified atom stereocenters. The molecule has 0 aliphatic heterocycles. The number of anilines is 1. The first-order valence-corrected chi connectivity index (χ1v) is 5.15. The predicted molar refractivity (Wildman–Crippen MR) is 48.3 cm³/mol. The third-order valence-electron chi connectivity index (χ3n) is 1.74. The number of hydrogen-bond donors (Lipinski definition) is 1. The lowest BCUT2D eigenvalue weighted by molar-refractivity contribution is 0.243. The zero-order valence-electron chi connectivity index (χ0n) is 7.86. The first-order chi connectivity index (χ1) is 7.40. The number of halogens is 5. The summed E-state index contributed by atoms with van der Waals surface area (Å²) >= 11 is 0. The summed E-state index contributed by atoms with van der Waals surface area (Å²) in [4.78, 5) is -1.20. The predicted octanol–water partition coefficient (Wildman–Crippen LogP) is 2.48. The van der Waals surface area contributed by atoms with E-state index in [0.29, 0.717) is 0 Å². The number of benzene rings is 1. The highest BCUT2D eigenvalue weighted by molar-refractivity contribution is 7.85. The van der Waals surface area contributed by atoms with E-state index in [4.69, 9.17) is 0 Å². The topological polar surface area (TPSA) is 29.1 Å². The van der Waals surface area contributed by atoms with Gasteiger partial charge in [-0.05, 0) is 0 Å². The van der Waals surface area contributed by atoms with Gasteiger partial charge in [-0.15, -0.1) is 0 Å². The van der Waals surface area contributed by atoms with Crippen molar-refractivity contribution in [3.8, 4) is 0 Å². The SMILES string of the molecule is CNc1c(F)cc(F)c(F)c1S(=O)C(F)F. The van der Waals surface area contributed by atoms with E-state index < -0.39 is 44.6 Å². The van der Waals surface area contributed by atoms with Gasteiger partial charge in [-0.3, -0.25) is 0 Å². The Labute approximate surface area is 89.9 Å². The molecular weight excluding hydrogens is 253 g/mol. The van der Waals surface area contributed by atoms with Crippen LogP contribution in [0.4, 0.5) is 27.6 Å². The van der Waals surface area contributed by atoms with E-state index in [0.717, 1.165) is 7.05 Å². The molecule has 1 aromatic rings. The molecule has 0 saturated heterocycles. The van der Waals surface area contributed by atoms with Crippen LogP contribution in [0, 0.1) is 17.5 Å². The third kappa shape index (κ3) is 2.16. The van der Waals surface area contributed by atoms with Crippen LogP contribution in [0.25, 0.3) is 0 Å². The van der Waals surface area contributed by atoms with E-state index >= 15 is 0 Å². The standard InChI is InChI=1S/C8H6F5NOS/c1-14-6-4(10)2-3(9)5(11)7(6)16(15)8(12)13/h2,8,14H,1H3. The molecule has 0 bridgehead atoms. The van der Waals surface area contributed by atoms with Crippen molar-refractivity contribution in [1.29, 1.82) is 0 Å². The van der Waals surface area contributed by atoms with Gasteiger partial charge >= 0.3 is 5.76 Å². The summed E-state index contributed by atoms with van der Waals surface area (Å²) in [5, 5.41) is 2.06. The van der Waals surface area contributed by atoms with Crippen LogP contribution in [0.3, 0.4) is 0 Å². The number of rotatable bonds is 3. The van der Waals surface area contributed by atoms with Gasteiger partial charge in [0.05, 0.1) is 5.69 Å². The zero-order chi connectivity index (χ0) is 12.5. The minimum atomic E-state index is -3.43. The lowest BCUT2D eigenvalue weighted by atomic mass is 10.3. The molecule has 1 rings (SSSR count). The first kappa shape index (κ1) is 12.9. The normalized spacial score (nSPS) is 12.9. The Hall–Kier alpha value is -1.18. The first-order valence-electron chi connectivity index (χ1n) is 3.94. The molecule has 0 spiro atoms. The van der Waals surface area contributed by atoms with Gasteiger partial charge in [-0.25, -0.2) is 17.4 Å². The fourth-order valence-corrected chi connectivity index (χ4v) is 1.94. The monoisotopic (exact) mass is 259 g/mol. The van der Waals surface area contributed by atoms with E-state index in [2.05, 4.69) is 5.32 Å². The van der Waals surface area contributed by atoms with Crippen molar-refractivity contribution >= 4 is 16.5 Å². The lowest BCUT2D eigenvalue weighted by Crippen LogP contribution is -2.11. The second kappa shape index (κ2) is 4.77. The van der Waals surface area contributed by atoms with Crippen molar-refractivity contribution in [3.63, 3.8) is 0 Å². The minimum absolute atomic E-state index is 0.188. The Morgan fingerprint density at radius 3 is 2.25 bits per heavy atom. The number of hydrogen-bond acceptors (Lipinski definition) is 2. The molecule has 0 saturated carbocycles. The number of nitrogens with one attached hydrogen (secondary N) is 1. The Balaban J connectivity index is 3.51. The van der Waals surface area contributed by atoms with E-state index in [1.807, 2.05) is 0 Å². The van der Waals surface area contributed by atoms with Crippen molar-refractivity contribution in [2.45, 2.75) is 10.7 Å². The highest BCUT2D eigenvalue weighted by Gasteiger charge is 2.27. The molecular formula is C8H6F5NOS. The Kier molecular flexibility index (Phi) is 3.84. The quantitative estimate of drug-likeness (QED) is 0.667. The molecule has 2 nitrogen and oxygen atoms in total. The molecule has 0 aliphatic rings. The van der Waals surface area contributed by atoms with Gasteiger partial charge < -0.3 is 5.32 Å². The molecule has 0 amide bonds. The Morgan fingerprint density at radius 1 is 1.25 bits per heavy atom. The Bertz CT molecular complexity index is 437. The van der Waals surface area contributed by atoms with Crippen LogP contribution >= 0.6 is 0 Å². The molecule has 1 N–H and O–H groups in total. The van der Waals surface area contributed by atoms with Gasteiger partial charge in [0.2, 0.25) is 0 Å². The fourth-order valence-electron chi connectivity index (χ4n) is 1.08. The molecule has 1 atom stereocenters. The summed E-state index contributed by atoms with van der Waals surface area (Å²) < 4.78 is 74.2. The maximum absolute atomic E-state index is 13.1. The molecule has 0 fully saturated rings. The highest BCUT2D eigenvalue weighted by Crippen LogP contribution is 2.30. The van der Waals surface area contributed by atoms with E-state index in [-0.39, 0.29) is 6.07 Å². The lowest BCUT2D eigenvalue weighted by Gasteiger charge is -2.11. The zero-order valence-corrected chi connectivity index (χ0v) is 8.68. The maximum atomic E-state index is 13.1. The van der Waals surface area contributed by atoms with Crippen LogP contribution in [0.2, 0.25) is 0 Å². The van der Waals surface area contributed by atoms with Crippen molar-refractivity contribution in [2.75, 3.05) is 12.4 Å². The molecule has 90 valence electrons. The molecule has 16 heavy (non-hydrogen) atoms. The van der Waals surface area contributed by atoms with Crippen LogP contribution in [0.1, 0.15) is 0 Å². The minimum Gasteiger partial charge on any atom is -0.385 e. The second-order valence-corrected chi connectivity index (χ2v) is 4.03. The summed E-state index contributed by atoms with van der Waals surface area (Å²) in [6.07, 6.45) is 0. The third-order valence-corrected chi connectivity index (χ3v) is 2.85. The molecule has 0 aromatic heterocycles. The van der Waals surface area contributed by atoms with Crippen LogP contribution in [-0.2, 0) is 10.8 Å². The second-order valence-electron chi connectivity index (χ2n) is 2.67. The maximum Gasteiger partial charge on any atom is 0.316 e. The summed E-state index contributed by atoms with van der Waals surface area (Å²) in [7, 11) is -2.02. The van der Waals surface area contributed by atoms with Gasteiger partial charge in [0.15, 0.2) is 17.5 Å². The Morgan fingerprint density at radius 2 is 1.81 bits per heavy atom.